The first-order valence-electron chi connectivity index (χ1n) is 7.91. The van der Waals surface area contributed by atoms with Crippen molar-refractivity contribution in [2.45, 2.75) is 25.7 Å². The molecule has 0 aliphatic heterocycles. The largest absolute Gasteiger partial charge is 0.457 e. The number of benzene rings is 3. The fraction of sp³-hybridized carbons (Fsp3) is 0.190. The Morgan fingerprint density at radius 1 is 0.773 bits per heavy atom. The monoisotopic (exact) mass is 289 g/mol. The SMILES string of the molecule is [CH2]CCCCc1c(Oc2ccccc2)ccc2ccccc12. The highest BCUT2D eigenvalue weighted by atomic mass is 16.5. The lowest BCUT2D eigenvalue weighted by molar-refractivity contribution is 0.476. The van der Waals surface area contributed by atoms with Crippen molar-refractivity contribution in [2.75, 3.05) is 0 Å². The fourth-order valence-corrected chi connectivity index (χ4v) is 2.76. The zero-order valence-electron chi connectivity index (χ0n) is 12.8. The van der Waals surface area contributed by atoms with E-state index in [1.165, 1.54) is 16.3 Å². The summed E-state index contributed by atoms with van der Waals surface area (Å²) >= 11 is 0. The minimum atomic E-state index is 0.885. The van der Waals surface area contributed by atoms with Crippen molar-refractivity contribution in [3.8, 4) is 11.5 Å². The number of hydrogen-bond donors (Lipinski definition) is 0. The molecule has 0 spiro atoms. The van der Waals surface area contributed by atoms with Crippen LogP contribution in [0.25, 0.3) is 10.8 Å². The molecule has 0 heterocycles. The van der Waals surface area contributed by atoms with E-state index in [9.17, 15) is 0 Å². The lowest BCUT2D eigenvalue weighted by atomic mass is 9.98. The van der Waals surface area contributed by atoms with Crippen molar-refractivity contribution in [3.63, 3.8) is 0 Å². The van der Waals surface area contributed by atoms with Crippen LogP contribution in [0.1, 0.15) is 24.8 Å². The summed E-state index contributed by atoms with van der Waals surface area (Å²) in [4.78, 5) is 0. The molecule has 0 unspecified atom stereocenters. The standard InChI is InChI=1S/C21H21O/c1-2-3-5-14-20-19-13-9-8-10-17(19)15-16-21(20)22-18-11-6-4-7-12-18/h4,6-13,15-16H,1-3,5,14H2. The average Bonchev–Trinajstić information content (AvgIpc) is 2.57. The number of unbranched alkanes of at least 4 members (excludes halogenated alkanes) is 2. The Morgan fingerprint density at radius 3 is 2.36 bits per heavy atom. The van der Waals surface area contributed by atoms with Gasteiger partial charge in [0.1, 0.15) is 11.5 Å². The minimum absolute atomic E-state index is 0.885. The van der Waals surface area contributed by atoms with E-state index < -0.39 is 0 Å². The van der Waals surface area contributed by atoms with Gasteiger partial charge in [-0.05, 0) is 41.8 Å². The predicted molar refractivity (Wildman–Crippen MR) is 93.4 cm³/mol. The van der Waals surface area contributed by atoms with E-state index in [1.54, 1.807) is 0 Å². The van der Waals surface area contributed by atoms with Crippen molar-refractivity contribution in [2.24, 2.45) is 0 Å². The molecule has 0 atom stereocenters. The van der Waals surface area contributed by atoms with Crippen LogP contribution in [-0.2, 0) is 6.42 Å². The van der Waals surface area contributed by atoms with Gasteiger partial charge in [-0.2, -0.15) is 0 Å². The molecule has 3 rings (SSSR count). The van der Waals surface area contributed by atoms with Crippen LogP contribution in [0.3, 0.4) is 0 Å². The quantitative estimate of drug-likeness (QED) is 0.492. The Hall–Kier alpha value is -2.28. The fourth-order valence-electron chi connectivity index (χ4n) is 2.76. The van der Waals surface area contributed by atoms with Gasteiger partial charge in [0.25, 0.3) is 0 Å². The molecule has 0 amide bonds. The normalized spacial score (nSPS) is 10.8. The molecule has 0 N–H and O–H groups in total. The Bertz CT molecular complexity index is 731. The Kier molecular flexibility index (Phi) is 4.75. The molecule has 1 radical (unpaired) electrons. The van der Waals surface area contributed by atoms with E-state index >= 15 is 0 Å². The van der Waals surface area contributed by atoms with Crippen LogP contribution in [0.2, 0.25) is 0 Å². The first-order valence-corrected chi connectivity index (χ1v) is 7.91. The second-order valence-corrected chi connectivity index (χ2v) is 5.49. The highest BCUT2D eigenvalue weighted by Gasteiger charge is 2.09. The van der Waals surface area contributed by atoms with E-state index in [0.29, 0.717) is 0 Å². The molecular formula is C21H21O. The maximum Gasteiger partial charge on any atom is 0.131 e. The van der Waals surface area contributed by atoms with E-state index in [0.717, 1.165) is 37.2 Å². The number of ether oxygens (including phenoxy) is 1. The third-order valence-electron chi connectivity index (χ3n) is 3.90. The summed E-state index contributed by atoms with van der Waals surface area (Å²) in [6, 6.07) is 22.7. The van der Waals surface area contributed by atoms with Gasteiger partial charge in [-0.1, -0.05) is 68.3 Å². The zero-order chi connectivity index (χ0) is 15.2. The minimum Gasteiger partial charge on any atom is -0.457 e. The van der Waals surface area contributed by atoms with Crippen LogP contribution in [-0.4, -0.2) is 0 Å². The van der Waals surface area contributed by atoms with Crippen LogP contribution in [0.4, 0.5) is 0 Å². The van der Waals surface area contributed by atoms with Crippen LogP contribution in [0, 0.1) is 6.92 Å². The second kappa shape index (κ2) is 7.13. The van der Waals surface area contributed by atoms with Crippen molar-refractivity contribution in [3.05, 3.63) is 79.2 Å². The zero-order valence-corrected chi connectivity index (χ0v) is 12.8. The van der Waals surface area contributed by atoms with Gasteiger partial charge in [0.15, 0.2) is 0 Å². The van der Waals surface area contributed by atoms with Gasteiger partial charge in [-0.3, -0.25) is 0 Å². The van der Waals surface area contributed by atoms with Gasteiger partial charge < -0.3 is 4.74 Å². The summed E-state index contributed by atoms with van der Waals surface area (Å²) in [7, 11) is 0. The lowest BCUT2D eigenvalue weighted by Gasteiger charge is -2.14. The van der Waals surface area contributed by atoms with Crippen molar-refractivity contribution in [1.82, 2.24) is 0 Å². The smallest absolute Gasteiger partial charge is 0.131 e. The summed E-state index contributed by atoms with van der Waals surface area (Å²) in [5, 5.41) is 2.56. The molecule has 0 aliphatic rings. The summed E-state index contributed by atoms with van der Waals surface area (Å²) in [6.07, 6.45) is 4.30. The molecule has 1 nitrogen and oxygen atoms in total. The summed E-state index contributed by atoms with van der Waals surface area (Å²) in [5.74, 6) is 1.85. The molecule has 22 heavy (non-hydrogen) atoms. The van der Waals surface area contributed by atoms with Gasteiger partial charge in [0, 0.05) is 5.56 Å². The van der Waals surface area contributed by atoms with Crippen LogP contribution in [0.5, 0.6) is 11.5 Å². The average molecular weight is 289 g/mol. The van der Waals surface area contributed by atoms with E-state index in [1.807, 2.05) is 30.3 Å². The highest BCUT2D eigenvalue weighted by Crippen LogP contribution is 2.32. The maximum atomic E-state index is 6.13. The van der Waals surface area contributed by atoms with Gasteiger partial charge in [-0.15, -0.1) is 0 Å². The van der Waals surface area contributed by atoms with Crippen LogP contribution < -0.4 is 4.74 Å². The molecule has 0 saturated heterocycles. The van der Waals surface area contributed by atoms with E-state index in [4.69, 9.17) is 4.74 Å². The Morgan fingerprint density at radius 2 is 1.55 bits per heavy atom. The molecular weight excluding hydrogens is 268 g/mol. The predicted octanol–water partition coefficient (Wildman–Crippen LogP) is 6.18. The van der Waals surface area contributed by atoms with Gasteiger partial charge in [0.05, 0.1) is 0 Å². The van der Waals surface area contributed by atoms with Crippen molar-refractivity contribution >= 4 is 10.8 Å². The lowest BCUT2D eigenvalue weighted by Crippen LogP contribution is -1.94. The molecule has 111 valence electrons. The molecule has 1 heteroatoms. The van der Waals surface area contributed by atoms with Gasteiger partial charge >= 0.3 is 0 Å². The summed E-state index contributed by atoms with van der Waals surface area (Å²) in [6.45, 7) is 3.94. The van der Waals surface area contributed by atoms with Crippen molar-refractivity contribution < 1.29 is 4.74 Å². The number of aryl methyl sites for hydroxylation is 1. The maximum absolute atomic E-state index is 6.13. The number of para-hydroxylation sites is 1. The molecule has 3 aromatic carbocycles. The topological polar surface area (TPSA) is 9.23 Å². The molecule has 0 fully saturated rings. The highest BCUT2D eigenvalue weighted by molar-refractivity contribution is 5.87. The van der Waals surface area contributed by atoms with Gasteiger partial charge in [0.2, 0.25) is 0 Å². The van der Waals surface area contributed by atoms with Crippen LogP contribution in [0.15, 0.2) is 66.7 Å². The third kappa shape index (κ3) is 3.30. The Balaban J connectivity index is 1.98. The Labute approximate surface area is 132 Å². The first kappa shape index (κ1) is 14.6. The van der Waals surface area contributed by atoms with Crippen molar-refractivity contribution in [1.29, 1.82) is 0 Å². The molecule has 0 saturated carbocycles. The molecule has 0 bridgehead atoms. The summed E-state index contributed by atoms with van der Waals surface area (Å²) in [5.41, 5.74) is 1.30. The van der Waals surface area contributed by atoms with Gasteiger partial charge in [-0.25, -0.2) is 0 Å². The number of fused-ring (bicyclic) bond motifs is 1. The van der Waals surface area contributed by atoms with E-state index in [2.05, 4.69) is 43.3 Å². The second-order valence-electron chi connectivity index (χ2n) is 5.49. The van der Waals surface area contributed by atoms with E-state index in [-0.39, 0.29) is 0 Å². The molecule has 0 aromatic heterocycles. The number of hydrogen-bond acceptors (Lipinski definition) is 1. The molecule has 0 aliphatic carbocycles. The summed E-state index contributed by atoms with van der Waals surface area (Å²) < 4.78 is 6.13. The number of rotatable bonds is 6. The third-order valence-corrected chi connectivity index (χ3v) is 3.90. The first-order chi connectivity index (χ1) is 10.9. The van der Waals surface area contributed by atoms with Crippen LogP contribution >= 0.6 is 0 Å². The molecule has 3 aromatic rings.